The van der Waals surface area contributed by atoms with Crippen LogP contribution in [0.1, 0.15) is 17.3 Å². The maximum atomic E-state index is 12.3. The number of carbonyl (C=O) groups is 2. The number of carbonyl (C=O) groups excluding carboxylic acids is 2. The van der Waals surface area contributed by atoms with Crippen molar-refractivity contribution in [2.45, 2.75) is 13.0 Å². The van der Waals surface area contributed by atoms with E-state index in [0.29, 0.717) is 35.9 Å². The highest BCUT2D eigenvalue weighted by Crippen LogP contribution is 2.19. The van der Waals surface area contributed by atoms with Crippen molar-refractivity contribution in [3.63, 3.8) is 0 Å². The van der Waals surface area contributed by atoms with Gasteiger partial charge >= 0.3 is 0 Å². The minimum absolute atomic E-state index is 0. The zero-order valence-electron chi connectivity index (χ0n) is 15.2. The number of hydrogen-bond acceptors (Lipinski definition) is 5. The molecule has 0 fully saturated rings. The Morgan fingerprint density at radius 2 is 1.81 bits per heavy atom. The van der Waals surface area contributed by atoms with Gasteiger partial charge in [0.2, 0.25) is 5.91 Å². The third-order valence-corrected chi connectivity index (χ3v) is 3.53. The van der Waals surface area contributed by atoms with Gasteiger partial charge in [0, 0.05) is 17.3 Å². The van der Waals surface area contributed by atoms with Crippen LogP contribution in [0.5, 0.6) is 11.5 Å². The van der Waals surface area contributed by atoms with Crippen LogP contribution >= 0.6 is 12.4 Å². The van der Waals surface area contributed by atoms with Crippen molar-refractivity contribution >= 4 is 29.9 Å². The standard InChI is InChI=1S/C19H23N3O4.ClH/c1-13(20)18(23)21-10-11-26-17-5-3-4-15(12-17)22-19(24)14-6-8-16(25-2)9-7-14;/h3-9,12-13H,10-11,20H2,1-2H3,(H,21,23)(H,22,24);1H/t13-;/m1./s1. The number of benzene rings is 2. The van der Waals surface area contributed by atoms with Crippen molar-refractivity contribution in [3.8, 4) is 11.5 Å². The lowest BCUT2D eigenvalue weighted by atomic mass is 10.2. The van der Waals surface area contributed by atoms with E-state index in [-0.39, 0.29) is 24.2 Å². The fraction of sp³-hybridized carbons (Fsp3) is 0.263. The molecule has 0 radical (unpaired) electrons. The Kier molecular flexibility index (Phi) is 9.12. The van der Waals surface area contributed by atoms with Crippen LogP contribution in [0.25, 0.3) is 0 Å². The summed E-state index contributed by atoms with van der Waals surface area (Å²) in [5.74, 6) is 0.823. The highest BCUT2D eigenvalue weighted by molar-refractivity contribution is 6.04. The molecule has 8 heteroatoms. The second-order valence-electron chi connectivity index (χ2n) is 5.64. The summed E-state index contributed by atoms with van der Waals surface area (Å²) in [4.78, 5) is 23.6. The zero-order valence-corrected chi connectivity index (χ0v) is 16.0. The molecular formula is C19H24ClN3O4. The van der Waals surface area contributed by atoms with Crippen LogP contribution in [0.3, 0.4) is 0 Å². The van der Waals surface area contributed by atoms with Crippen molar-refractivity contribution in [1.82, 2.24) is 5.32 Å². The first kappa shape index (κ1) is 22.3. The quantitative estimate of drug-likeness (QED) is 0.597. The molecule has 2 aromatic rings. The van der Waals surface area contributed by atoms with Crippen LogP contribution in [-0.2, 0) is 4.79 Å². The molecule has 7 nitrogen and oxygen atoms in total. The smallest absolute Gasteiger partial charge is 0.255 e. The van der Waals surface area contributed by atoms with E-state index in [4.69, 9.17) is 15.2 Å². The summed E-state index contributed by atoms with van der Waals surface area (Å²) < 4.78 is 10.6. The number of methoxy groups -OCH3 is 1. The summed E-state index contributed by atoms with van der Waals surface area (Å²) in [6.07, 6.45) is 0. The van der Waals surface area contributed by atoms with Crippen LogP contribution in [0.15, 0.2) is 48.5 Å². The number of amides is 2. The van der Waals surface area contributed by atoms with Gasteiger partial charge in [-0.1, -0.05) is 6.07 Å². The fourth-order valence-corrected chi connectivity index (χ4v) is 2.11. The molecule has 4 N–H and O–H groups in total. The Morgan fingerprint density at radius 1 is 1.11 bits per heavy atom. The first-order valence-corrected chi connectivity index (χ1v) is 8.21. The van der Waals surface area contributed by atoms with Crippen LogP contribution in [0, 0.1) is 0 Å². The number of rotatable bonds is 8. The third-order valence-electron chi connectivity index (χ3n) is 3.53. The van der Waals surface area contributed by atoms with E-state index in [1.807, 2.05) is 0 Å². The lowest BCUT2D eigenvalue weighted by Gasteiger charge is -2.11. The number of nitrogens with one attached hydrogen (secondary N) is 2. The summed E-state index contributed by atoms with van der Waals surface area (Å²) in [6.45, 7) is 2.27. The number of anilines is 1. The maximum Gasteiger partial charge on any atom is 0.255 e. The lowest BCUT2D eigenvalue weighted by molar-refractivity contribution is -0.122. The maximum absolute atomic E-state index is 12.3. The largest absolute Gasteiger partial charge is 0.497 e. The molecule has 0 saturated heterocycles. The van der Waals surface area contributed by atoms with Crippen LogP contribution in [-0.4, -0.2) is 38.1 Å². The predicted molar refractivity (Wildman–Crippen MR) is 107 cm³/mol. The second-order valence-corrected chi connectivity index (χ2v) is 5.64. The molecule has 0 aliphatic carbocycles. The van der Waals surface area contributed by atoms with E-state index in [2.05, 4.69) is 10.6 Å². The molecular weight excluding hydrogens is 370 g/mol. The zero-order chi connectivity index (χ0) is 18.9. The van der Waals surface area contributed by atoms with Crippen molar-refractivity contribution in [1.29, 1.82) is 0 Å². The fourth-order valence-electron chi connectivity index (χ4n) is 2.11. The first-order chi connectivity index (χ1) is 12.5. The monoisotopic (exact) mass is 393 g/mol. The van der Waals surface area contributed by atoms with E-state index in [1.54, 1.807) is 62.6 Å². The van der Waals surface area contributed by atoms with Gasteiger partial charge < -0.3 is 25.8 Å². The molecule has 0 unspecified atom stereocenters. The summed E-state index contributed by atoms with van der Waals surface area (Å²) >= 11 is 0. The highest BCUT2D eigenvalue weighted by atomic mass is 35.5. The minimum atomic E-state index is -0.550. The highest BCUT2D eigenvalue weighted by Gasteiger charge is 2.08. The molecule has 0 heterocycles. The van der Waals surface area contributed by atoms with Crippen molar-refractivity contribution in [2.24, 2.45) is 5.73 Å². The summed E-state index contributed by atoms with van der Waals surface area (Å²) in [5, 5.41) is 5.47. The van der Waals surface area contributed by atoms with Gasteiger partial charge in [-0.15, -0.1) is 12.4 Å². The van der Waals surface area contributed by atoms with Crippen LogP contribution in [0.2, 0.25) is 0 Å². The van der Waals surface area contributed by atoms with Gasteiger partial charge in [0.05, 0.1) is 19.7 Å². The number of halogens is 1. The van der Waals surface area contributed by atoms with Gasteiger partial charge in [0.15, 0.2) is 0 Å². The average Bonchev–Trinajstić information content (AvgIpc) is 2.65. The van der Waals surface area contributed by atoms with E-state index < -0.39 is 6.04 Å². The van der Waals surface area contributed by atoms with Crippen LogP contribution in [0.4, 0.5) is 5.69 Å². The molecule has 0 saturated carbocycles. The van der Waals surface area contributed by atoms with Gasteiger partial charge in [-0.3, -0.25) is 9.59 Å². The Labute approximate surface area is 164 Å². The molecule has 0 bridgehead atoms. The van der Waals surface area contributed by atoms with Gasteiger partial charge in [-0.05, 0) is 43.3 Å². The molecule has 27 heavy (non-hydrogen) atoms. The number of hydrogen-bond donors (Lipinski definition) is 3. The second kappa shape index (κ2) is 11.1. The third kappa shape index (κ3) is 7.16. The van der Waals surface area contributed by atoms with Crippen molar-refractivity contribution in [3.05, 3.63) is 54.1 Å². The van der Waals surface area contributed by atoms with Crippen molar-refractivity contribution in [2.75, 3.05) is 25.6 Å². The predicted octanol–water partition coefficient (Wildman–Crippen LogP) is 2.21. The molecule has 2 amide bonds. The summed E-state index contributed by atoms with van der Waals surface area (Å²) in [6, 6.07) is 13.3. The molecule has 1 atom stereocenters. The summed E-state index contributed by atoms with van der Waals surface area (Å²) in [5.41, 5.74) is 6.60. The van der Waals surface area contributed by atoms with Gasteiger partial charge in [0.25, 0.3) is 5.91 Å². The van der Waals surface area contributed by atoms with Gasteiger partial charge in [-0.2, -0.15) is 0 Å². The van der Waals surface area contributed by atoms with E-state index in [0.717, 1.165) is 0 Å². The van der Waals surface area contributed by atoms with E-state index in [1.165, 1.54) is 0 Å². The first-order valence-electron chi connectivity index (χ1n) is 8.21. The summed E-state index contributed by atoms with van der Waals surface area (Å²) in [7, 11) is 1.57. The van der Waals surface area contributed by atoms with Crippen LogP contribution < -0.4 is 25.8 Å². The Balaban J connectivity index is 0.00000364. The molecule has 146 valence electrons. The molecule has 2 aromatic carbocycles. The SMILES string of the molecule is COc1ccc(C(=O)Nc2cccc(OCCNC(=O)[C@@H](C)N)c2)cc1.Cl. The molecule has 0 aliphatic rings. The lowest BCUT2D eigenvalue weighted by Crippen LogP contribution is -2.40. The topological polar surface area (TPSA) is 103 Å². The molecule has 0 aromatic heterocycles. The molecule has 2 rings (SSSR count). The van der Waals surface area contributed by atoms with E-state index in [9.17, 15) is 9.59 Å². The van der Waals surface area contributed by atoms with Gasteiger partial charge in [-0.25, -0.2) is 0 Å². The molecule has 0 aliphatic heterocycles. The average molecular weight is 394 g/mol. The van der Waals surface area contributed by atoms with Gasteiger partial charge in [0.1, 0.15) is 18.1 Å². The van der Waals surface area contributed by atoms with E-state index >= 15 is 0 Å². The number of nitrogens with two attached hydrogens (primary N) is 1. The van der Waals surface area contributed by atoms with Crippen molar-refractivity contribution < 1.29 is 19.1 Å². The Hall–Kier alpha value is -2.77. The minimum Gasteiger partial charge on any atom is -0.497 e. The Morgan fingerprint density at radius 3 is 2.44 bits per heavy atom. The molecule has 0 spiro atoms. The normalized spacial score (nSPS) is 10.9. The number of ether oxygens (including phenoxy) is 2. The Bertz CT molecular complexity index is 751.